The van der Waals surface area contributed by atoms with Crippen molar-refractivity contribution in [2.75, 3.05) is 6.54 Å². The van der Waals surface area contributed by atoms with Gasteiger partial charge in [-0.05, 0) is 33.1 Å². The third-order valence-electron chi connectivity index (χ3n) is 6.36. The summed E-state index contributed by atoms with van der Waals surface area (Å²) in [6.07, 6.45) is 16.9. The van der Waals surface area contributed by atoms with Crippen LogP contribution in [0.3, 0.4) is 0 Å². The van der Waals surface area contributed by atoms with Gasteiger partial charge in [0.15, 0.2) is 0 Å². The van der Waals surface area contributed by atoms with Gasteiger partial charge < -0.3 is 31.5 Å². The van der Waals surface area contributed by atoms with Crippen LogP contribution in [0.2, 0.25) is 0 Å². The summed E-state index contributed by atoms with van der Waals surface area (Å²) >= 11 is 0. The first-order valence-electron chi connectivity index (χ1n) is 14.2. The Balaban J connectivity index is 2.64. The van der Waals surface area contributed by atoms with Crippen molar-refractivity contribution >= 4 is 23.6 Å². The second-order valence-electron chi connectivity index (χ2n) is 10.1. The molecule has 0 bridgehead atoms. The van der Waals surface area contributed by atoms with Crippen LogP contribution in [0.4, 0.5) is 0 Å². The lowest BCUT2D eigenvalue weighted by Gasteiger charge is -2.26. The molecule has 1 aliphatic rings. The van der Waals surface area contributed by atoms with E-state index in [1.54, 1.807) is 19.1 Å². The van der Waals surface area contributed by atoms with Gasteiger partial charge in [-0.3, -0.25) is 19.2 Å². The predicted octanol–water partition coefficient (Wildman–Crippen LogP) is 1.92. The number of aliphatic hydroxyl groups excluding tert-OH is 2. The average molecular weight is 549 g/mol. The van der Waals surface area contributed by atoms with E-state index in [1.807, 2.05) is 6.08 Å². The molecule has 10 nitrogen and oxygen atoms in total. The third kappa shape index (κ3) is 15.9. The van der Waals surface area contributed by atoms with Gasteiger partial charge in [-0.2, -0.15) is 0 Å². The van der Waals surface area contributed by atoms with Crippen molar-refractivity contribution in [2.45, 2.75) is 115 Å². The fourth-order valence-electron chi connectivity index (χ4n) is 4.05. The zero-order chi connectivity index (χ0) is 29.0. The van der Waals surface area contributed by atoms with Gasteiger partial charge in [0.1, 0.15) is 12.1 Å². The second-order valence-corrected chi connectivity index (χ2v) is 10.1. The minimum Gasteiger partial charge on any atom is -0.393 e. The highest BCUT2D eigenvalue weighted by atomic mass is 16.3. The molecule has 0 aromatic heterocycles. The van der Waals surface area contributed by atoms with E-state index in [4.69, 9.17) is 0 Å². The van der Waals surface area contributed by atoms with E-state index in [1.165, 1.54) is 63.7 Å². The molecular weight excluding hydrogens is 500 g/mol. The normalized spacial score (nSPS) is 22.4. The quantitative estimate of drug-likeness (QED) is 0.111. The predicted molar refractivity (Wildman–Crippen MR) is 151 cm³/mol. The van der Waals surface area contributed by atoms with Crippen LogP contribution in [0.1, 0.15) is 85.0 Å². The molecule has 0 saturated heterocycles. The van der Waals surface area contributed by atoms with Crippen molar-refractivity contribution in [1.29, 1.82) is 0 Å². The van der Waals surface area contributed by atoms with Gasteiger partial charge in [-0.25, -0.2) is 0 Å². The fourth-order valence-corrected chi connectivity index (χ4v) is 4.05. The fraction of sp³-hybridized carbons (Fsp3) is 0.655. The summed E-state index contributed by atoms with van der Waals surface area (Å²) in [6.45, 7) is 5.43. The van der Waals surface area contributed by atoms with Crippen LogP contribution in [0, 0.1) is 0 Å². The molecule has 0 aromatic rings. The number of carbonyl (C=O) groups is 4. The average Bonchev–Trinajstić information content (AvgIpc) is 2.88. The molecule has 10 heteroatoms. The van der Waals surface area contributed by atoms with Gasteiger partial charge in [-0.15, -0.1) is 0 Å². The van der Waals surface area contributed by atoms with Crippen molar-refractivity contribution < 1.29 is 29.4 Å². The number of amides is 4. The molecule has 0 aromatic carbocycles. The topological polar surface area (TPSA) is 157 Å². The monoisotopic (exact) mass is 548 g/mol. The second kappa shape index (κ2) is 20.0. The molecule has 0 unspecified atom stereocenters. The van der Waals surface area contributed by atoms with Crippen molar-refractivity contribution in [3.8, 4) is 0 Å². The van der Waals surface area contributed by atoms with Crippen LogP contribution in [-0.2, 0) is 19.2 Å². The Kier molecular flexibility index (Phi) is 17.5. The van der Waals surface area contributed by atoms with Crippen LogP contribution >= 0.6 is 0 Å². The number of hydrogen-bond acceptors (Lipinski definition) is 6. The Morgan fingerprint density at radius 1 is 1.13 bits per heavy atom. The number of allylic oxidation sites excluding steroid dienone is 3. The Labute approximate surface area is 232 Å². The molecule has 220 valence electrons. The molecule has 0 radical (unpaired) electrons. The maximum absolute atomic E-state index is 12.9. The lowest BCUT2D eigenvalue weighted by atomic mass is 10.0. The van der Waals surface area contributed by atoms with E-state index in [0.29, 0.717) is 0 Å². The number of carbonyl (C=O) groups excluding carboxylic acids is 4. The highest BCUT2D eigenvalue weighted by molar-refractivity contribution is 5.95. The summed E-state index contributed by atoms with van der Waals surface area (Å²) in [7, 11) is 0. The minimum absolute atomic E-state index is 0.103. The van der Waals surface area contributed by atoms with E-state index >= 15 is 0 Å². The Bertz CT molecular complexity index is 855. The Morgan fingerprint density at radius 3 is 2.51 bits per heavy atom. The van der Waals surface area contributed by atoms with Crippen molar-refractivity contribution in [1.82, 2.24) is 21.3 Å². The first kappa shape index (κ1) is 34.0. The van der Waals surface area contributed by atoms with E-state index in [-0.39, 0.29) is 25.3 Å². The van der Waals surface area contributed by atoms with Gasteiger partial charge in [0.05, 0.1) is 12.2 Å². The van der Waals surface area contributed by atoms with Crippen LogP contribution in [0.5, 0.6) is 0 Å². The molecule has 0 saturated carbocycles. The molecule has 39 heavy (non-hydrogen) atoms. The maximum Gasteiger partial charge on any atom is 0.245 e. The van der Waals surface area contributed by atoms with Gasteiger partial charge in [-0.1, -0.05) is 69.8 Å². The summed E-state index contributed by atoms with van der Waals surface area (Å²) in [5.41, 5.74) is 0. The highest BCUT2D eigenvalue weighted by Crippen LogP contribution is 2.09. The van der Waals surface area contributed by atoms with Crippen molar-refractivity contribution in [3.63, 3.8) is 0 Å². The summed E-state index contributed by atoms with van der Waals surface area (Å²) in [4.78, 5) is 49.8. The van der Waals surface area contributed by atoms with Crippen LogP contribution < -0.4 is 21.3 Å². The first-order valence-corrected chi connectivity index (χ1v) is 14.2. The first-order chi connectivity index (χ1) is 18.6. The molecule has 1 heterocycles. The molecule has 4 amide bonds. The maximum atomic E-state index is 12.9. The van der Waals surface area contributed by atoms with E-state index in [0.717, 1.165) is 12.8 Å². The number of nitrogens with one attached hydrogen (secondary N) is 4. The summed E-state index contributed by atoms with van der Waals surface area (Å²) < 4.78 is 0. The zero-order valence-electron chi connectivity index (χ0n) is 23.7. The van der Waals surface area contributed by atoms with E-state index in [2.05, 4.69) is 28.2 Å². The third-order valence-corrected chi connectivity index (χ3v) is 6.36. The minimum atomic E-state index is -1.30. The standard InChI is InChI=1S/C29H48N4O6/c1-4-5-6-7-8-9-10-11-12-13-14-15-26(37)33-27(22(3)34)29(39)32-24-20-23(35)18-19-30-25(36)17-16-21(2)31-28(24)38/h12-17,21-24,27,34-35H,4-11,18-20H2,1-3H3,(H,30,36)(H,31,38)(H,32,39)(H,33,37)/b13-12+,15-14+,17-16?/t21-,22+,23-,24-,27-/m0/s1. The molecule has 0 spiro atoms. The number of aliphatic hydroxyl groups is 2. The molecule has 1 rings (SSSR count). The lowest BCUT2D eigenvalue weighted by molar-refractivity contribution is -0.134. The van der Waals surface area contributed by atoms with Crippen LogP contribution in [0.15, 0.2) is 36.5 Å². The van der Waals surface area contributed by atoms with Gasteiger partial charge in [0, 0.05) is 31.2 Å². The van der Waals surface area contributed by atoms with Crippen molar-refractivity contribution in [3.05, 3.63) is 36.5 Å². The van der Waals surface area contributed by atoms with E-state index < -0.39 is 48.1 Å². The molecule has 1 aliphatic heterocycles. The van der Waals surface area contributed by atoms with Crippen LogP contribution in [0.25, 0.3) is 0 Å². The molecular formula is C29H48N4O6. The molecule has 6 N–H and O–H groups in total. The smallest absolute Gasteiger partial charge is 0.245 e. The van der Waals surface area contributed by atoms with Crippen LogP contribution in [-0.4, -0.2) is 70.7 Å². The molecule has 5 atom stereocenters. The highest BCUT2D eigenvalue weighted by Gasteiger charge is 2.31. The lowest BCUT2D eigenvalue weighted by Crippen LogP contribution is -2.58. The molecule has 0 aliphatic carbocycles. The van der Waals surface area contributed by atoms with E-state index in [9.17, 15) is 29.4 Å². The summed E-state index contributed by atoms with van der Waals surface area (Å²) in [5, 5.41) is 30.8. The van der Waals surface area contributed by atoms with Gasteiger partial charge >= 0.3 is 0 Å². The van der Waals surface area contributed by atoms with Gasteiger partial charge in [0.25, 0.3) is 0 Å². The SMILES string of the molecule is CCCCCCCCC/C=C/C=C/C(=O)N[C@H](C(=O)N[C@H]1C[C@@H](O)CCNC(=O)C=C[C@H](C)NC1=O)[C@@H](C)O. The zero-order valence-corrected chi connectivity index (χ0v) is 23.7. The largest absolute Gasteiger partial charge is 0.393 e. The Hall–Kier alpha value is -2.98. The number of hydrogen-bond donors (Lipinski definition) is 6. The summed E-state index contributed by atoms with van der Waals surface area (Å²) in [5.74, 6) is -2.20. The molecule has 0 fully saturated rings. The summed E-state index contributed by atoms with van der Waals surface area (Å²) in [6, 6.07) is -2.92. The number of rotatable bonds is 14. The van der Waals surface area contributed by atoms with Crippen molar-refractivity contribution in [2.24, 2.45) is 0 Å². The number of unbranched alkanes of at least 4 members (excludes halogenated alkanes) is 7. The Morgan fingerprint density at radius 2 is 1.82 bits per heavy atom. The van der Waals surface area contributed by atoms with Gasteiger partial charge in [0.2, 0.25) is 23.6 Å².